The molecule has 2 aromatic rings. The highest BCUT2D eigenvalue weighted by atomic mass is 16.1. The molecule has 0 amide bonds. The molecule has 0 radical (unpaired) electrons. The normalized spacial score (nSPS) is 10.2. The van der Waals surface area contributed by atoms with E-state index in [-0.39, 0.29) is 5.56 Å². The quantitative estimate of drug-likeness (QED) is 0.780. The number of rotatable bonds is 1. The van der Waals surface area contributed by atoms with E-state index in [0.29, 0.717) is 11.6 Å². The third-order valence-electron chi connectivity index (χ3n) is 2.06. The van der Waals surface area contributed by atoms with Crippen LogP contribution in [-0.2, 0) is 0 Å². The molecule has 2 rings (SSSR count). The summed E-state index contributed by atoms with van der Waals surface area (Å²) < 4.78 is 1.98. The molecule has 0 aliphatic carbocycles. The molecule has 1 N–H and O–H groups in total. The van der Waals surface area contributed by atoms with Crippen LogP contribution in [0.1, 0.15) is 33.7 Å². The van der Waals surface area contributed by atoms with Crippen molar-refractivity contribution in [3.05, 3.63) is 28.9 Å². The van der Waals surface area contributed by atoms with Crippen LogP contribution in [0.5, 0.6) is 0 Å². The van der Waals surface area contributed by atoms with Crippen LogP contribution in [0.4, 0.5) is 0 Å². The maximum absolute atomic E-state index is 11.3. The average molecular weight is 207 g/mol. The Kier molecular flexibility index (Phi) is 3.66. The van der Waals surface area contributed by atoms with Crippen molar-refractivity contribution in [3.8, 4) is 0 Å². The smallest absolute Gasteiger partial charge is 0.276 e. The third kappa shape index (κ3) is 2.09. The molecule has 0 aromatic carbocycles. The second-order valence-electron chi connectivity index (χ2n) is 3.29. The molecule has 2 aromatic heterocycles. The number of nitrogens with one attached hydrogen (secondary N) is 1. The molecule has 82 valence electrons. The Morgan fingerprint density at radius 3 is 2.67 bits per heavy atom. The summed E-state index contributed by atoms with van der Waals surface area (Å²) in [4.78, 5) is 17.9. The van der Waals surface area contributed by atoms with Crippen LogP contribution in [0.15, 0.2) is 23.4 Å². The van der Waals surface area contributed by atoms with Crippen LogP contribution in [-0.4, -0.2) is 14.5 Å². The Morgan fingerprint density at radius 1 is 1.40 bits per heavy atom. The number of imidazole rings is 1. The number of H-pyrrole nitrogens is 1. The van der Waals surface area contributed by atoms with Gasteiger partial charge in [0.2, 0.25) is 0 Å². The predicted molar refractivity (Wildman–Crippen MR) is 62.1 cm³/mol. The van der Waals surface area contributed by atoms with E-state index in [4.69, 9.17) is 0 Å². The van der Waals surface area contributed by atoms with Crippen molar-refractivity contribution >= 4 is 11.0 Å². The van der Waals surface area contributed by atoms with Crippen LogP contribution in [0.25, 0.3) is 11.0 Å². The van der Waals surface area contributed by atoms with Crippen molar-refractivity contribution in [2.75, 3.05) is 0 Å². The minimum atomic E-state index is -0.128. The minimum Gasteiger partial charge on any atom is -0.328 e. The van der Waals surface area contributed by atoms with Crippen LogP contribution < -0.4 is 5.56 Å². The summed E-state index contributed by atoms with van der Waals surface area (Å²) in [5.74, 6) is 0. The monoisotopic (exact) mass is 207 g/mol. The summed E-state index contributed by atoms with van der Waals surface area (Å²) in [7, 11) is 0. The number of aromatic nitrogens is 3. The zero-order valence-electron chi connectivity index (χ0n) is 9.61. The van der Waals surface area contributed by atoms with Crippen LogP contribution in [0.2, 0.25) is 0 Å². The summed E-state index contributed by atoms with van der Waals surface area (Å²) in [6.45, 7) is 8.12. The van der Waals surface area contributed by atoms with Crippen LogP contribution >= 0.6 is 0 Å². The van der Waals surface area contributed by atoms with Crippen molar-refractivity contribution in [1.82, 2.24) is 14.5 Å². The van der Waals surface area contributed by atoms with E-state index in [0.717, 1.165) is 5.52 Å². The summed E-state index contributed by atoms with van der Waals surface area (Å²) in [5, 5.41) is 0. The van der Waals surface area contributed by atoms with Crippen molar-refractivity contribution in [1.29, 1.82) is 0 Å². The highest BCUT2D eigenvalue weighted by Gasteiger charge is 2.06. The van der Waals surface area contributed by atoms with E-state index in [2.05, 4.69) is 23.8 Å². The number of fused-ring (bicyclic) bond motifs is 1. The Labute approximate surface area is 89.0 Å². The van der Waals surface area contributed by atoms with Gasteiger partial charge in [-0.15, -0.1) is 0 Å². The van der Waals surface area contributed by atoms with Crippen molar-refractivity contribution in [2.45, 2.75) is 33.7 Å². The fourth-order valence-corrected chi connectivity index (χ4v) is 1.39. The van der Waals surface area contributed by atoms with Crippen molar-refractivity contribution < 1.29 is 0 Å². The molecule has 15 heavy (non-hydrogen) atoms. The maximum Gasteiger partial charge on any atom is 0.276 e. The molecule has 2 heterocycles. The van der Waals surface area contributed by atoms with E-state index >= 15 is 0 Å². The molecule has 4 heteroatoms. The van der Waals surface area contributed by atoms with Gasteiger partial charge in [-0.1, -0.05) is 13.8 Å². The molecule has 0 atom stereocenters. The minimum absolute atomic E-state index is 0.128. The van der Waals surface area contributed by atoms with Crippen molar-refractivity contribution in [3.63, 3.8) is 0 Å². The van der Waals surface area contributed by atoms with E-state index in [1.54, 1.807) is 12.5 Å². The van der Waals surface area contributed by atoms with Gasteiger partial charge < -0.3 is 9.55 Å². The summed E-state index contributed by atoms with van der Waals surface area (Å²) >= 11 is 0. The lowest BCUT2D eigenvalue weighted by Crippen LogP contribution is -2.05. The molecule has 0 unspecified atom stereocenters. The molecule has 0 spiro atoms. The molecular formula is C11H17N3O. The van der Waals surface area contributed by atoms with Gasteiger partial charge in [-0.2, -0.15) is 0 Å². The second-order valence-corrected chi connectivity index (χ2v) is 3.29. The van der Waals surface area contributed by atoms with Gasteiger partial charge in [-0.25, -0.2) is 4.98 Å². The first-order chi connectivity index (χ1) is 7.20. The second kappa shape index (κ2) is 4.77. The first-order valence-electron chi connectivity index (χ1n) is 5.24. The lowest BCUT2D eigenvalue weighted by Gasteiger charge is -2.06. The summed E-state index contributed by atoms with van der Waals surface area (Å²) in [6.07, 6.45) is 3.34. The molecule has 0 bridgehead atoms. The Bertz CT molecular complexity index is 482. The van der Waals surface area contributed by atoms with Gasteiger partial charge in [0.15, 0.2) is 5.52 Å². The number of hydrogen-bond donors (Lipinski definition) is 1. The van der Waals surface area contributed by atoms with Gasteiger partial charge in [0, 0.05) is 12.2 Å². The fraction of sp³-hybridized carbons (Fsp3) is 0.455. The van der Waals surface area contributed by atoms with E-state index in [1.807, 2.05) is 24.5 Å². The number of nitrogens with zero attached hydrogens (tertiary/aromatic N) is 2. The molecule has 0 aliphatic rings. The standard InChI is InChI=1S/C9H11N3O.C2H6/c1-6(2)12-5-11-8-7(12)3-4-10-9(8)13;1-2/h3-6H,1-2H3,(H,10,13);1-2H3. The lowest BCUT2D eigenvalue weighted by molar-refractivity contribution is 0.617. The van der Waals surface area contributed by atoms with Crippen molar-refractivity contribution in [2.24, 2.45) is 0 Å². The highest BCUT2D eigenvalue weighted by molar-refractivity contribution is 5.73. The van der Waals surface area contributed by atoms with Gasteiger partial charge in [0.25, 0.3) is 5.56 Å². The van der Waals surface area contributed by atoms with Gasteiger partial charge in [-0.05, 0) is 19.9 Å². The molecular weight excluding hydrogens is 190 g/mol. The number of hydrogen-bond acceptors (Lipinski definition) is 2. The summed E-state index contributed by atoms with van der Waals surface area (Å²) in [6, 6.07) is 2.19. The molecule has 4 nitrogen and oxygen atoms in total. The van der Waals surface area contributed by atoms with E-state index < -0.39 is 0 Å². The zero-order chi connectivity index (χ0) is 11.4. The lowest BCUT2D eigenvalue weighted by atomic mass is 10.3. The van der Waals surface area contributed by atoms with E-state index in [9.17, 15) is 4.79 Å². The van der Waals surface area contributed by atoms with Gasteiger partial charge in [0.05, 0.1) is 11.8 Å². The van der Waals surface area contributed by atoms with Gasteiger partial charge in [0.1, 0.15) is 0 Å². The molecule has 0 aliphatic heterocycles. The molecule has 0 saturated carbocycles. The van der Waals surface area contributed by atoms with Gasteiger partial charge in [-0.3, -0.25) is 4.79 Å². The average Bonchev–Trinajstić information content (AvgIpc) is 2.66. The largest absolute Gasteiger partial charge is 0.328 e. The Balaban J connectivity index is 0.000000531. The molecule has 0 fully saturated rings. The van der Waals surface area contributed by atoms with E-state index in [1.165, 1.54) is 0 Å². The predicted octanol–water partition coefficient (Wildman–Crippen LogP) is 2.33. The fourth-order valence-electron chi connectivity index (χ4n) is 1.39. The summed E-state index contributed by atoms with van der Waals surface area (Å²) in [5.41, 5.74) is 1.27. The first-order valence-corrected chi connectivity index (χ1v) is 5.24. The topological polar surface area (TPSA) is 50.7 Å². The zero-order valence-corrected chi connectivity index (χ0v) is 9.61. The molecule has 0 saturated heterocycles. The third-order valence-corrected chi connectivity index (χ3v) is 2.06. The Morgan fingerprint density at radius 2 is 2.07 bits per heavy atom. The Hall–Kier alpha value is -1.58. The SMILES string of the molecule is CC.CC(C)n1cnc2c(=O)[nH]ccc21. The highest BCUT2D eigenvalue weighted by Crippen LogP contribution is 2.12. The van der Waals surface area contributed by atoms with Crippen LogP contribution in [0, 0.1) is 0 Å². The van der Waals surface area contributed by atoms with Gasteiger partial charge >= 0.3 is 0 Å². The number of aromatic amines is 1. The number of pyridine rings is 1. The maximum atomic E-state index is 11.3. The first kappa shape index (κ1) is 11.5. The van der Waals surface area contributed by atoms with Crippen LogP contribution in [0.3, 0.4) is 0 Å².